The molecule has 0 atom stereocenters. The minimum Gasteiger partial charge on any atom is -0.462 e. The van der Waals surface area contributed by atoms with Gasteiger partial charge < -0.3 is 9.84 Å². The van der Waals surface area contributed by atoms with E-state index in [0.29, 0.717) is 21.8 Å². The van der Waals surface area contributed by atoms with Crippen LogP contribution >= 0.6 is 23.2 Å². The molecule has 3 aromatic rings. The fraction of sp³-hybridized carbons (Fsp3) is 0.292. The molecule has 4 rings (SSSR count). The maximum absolute atomic E-state index is 13.2. The zero-order valence-corrected chi connectivity index (χ0v) is 22.1. The number of rotatable bonds is 7. The summed E-state index contributed by atoms with van der Waals surface area (Å²) in [5.41, 5.74) is 4.09. The van der Waals surface area contributed by atoms with E-state index in [1.54, 1.807) is 47.9 Å². The largest absolute Gasteiger partial charge is 0.462 e. The first-order chi connectivity index (χ1) is 17.6. The highest BCUT2D eigenvalue weighted by atomic mass is 35.5. The summed E-state index contributed by atoms with van der Waals surface area (Å²) in [4.78, 5) is 29.9. The zero-order chi connectivity index (χ0) is 26.7. The first-order valence-corrected chi connectivity index (χ1v) is 13.9. The van der Waals surface area contributed by atoms with Gasteiger partial charge in [-0.25, -0.2) is 23.2 Å². The molecule has 2 N–H and O–H groups in total. The number of benzene rings is 2. The van der Waals surface area contributed by atoms with Crippen LogP contribution in [0, 0.1) is 0 Å². The van der Waals surface area contributed by atoms with Gasteiger partial charge in [0.1, 0.15) is 5.82 Å². The van der Waals surface area contributed by atoms with Crippen LogP contribution < -0.4 is 5.43 Å². The number of sulfone groups is 1. The van der Waals surface area contributed by atoms with Crippen LogP contribution in [0.15, 0.2) is 42.5 Å². The van der Waals surface area contributed by atoms with E-state index < -0.39 is 28.3 Å². The highest BCUT2D eigenvalue weighted by Gasteiger charge is 2.28. The van der Waals surface area contributed by atoms with E-state index in [1.165, 1.54) is 11.1 Å². The molecule has 1 aliphatic rings. The summed E-state index contributed by atoms with van der Waals surface area (Å²) in [6, 6.07) is 11.2. The number of hydrazine groups is 1. The van der Waals surface area contributed by atoms with Crippen LogP contribution in [0.1, 0.15) is 33.5 Å². The third-order valence-electron chi connectivity index (χ3n) is 5.75. The van der Waals surface area contributed by atoms with Gasteiger partial charge >= 0.3 is 5.97 Å². The van der Waals surface area contributed by atoms with Gasteiger partial charge in [0.15, 0.2) is 15.5 Å². The quantitative estimate of drug-likeness (QED) is 0.417. The van der Waals surface area contributed by atoms with Crippen molar-refractivity contribution in [3.8, 4) is 17.1 Å². The van der Waals surface area contributed by atoms with E-state index in [-0.39, 0.29) is 53.4 Å². The maximum atomic E-state index is 13.2. The molecule has 0 spiro atoms. The van der Waals surface area contributed by atoms with Gasteiger partial charge in [0, 0.05) is 29.4 Å². The molecule has 13 heteroatoms. The van der Waals surface area contributed by atoms with Crippen molar-refractivity contribution < 1.29 is 27.9 Å². The average Bonchev–Trinajstić information content (AvgIpc) is 3.25. The number of nitrogens with one attached hydrogen (secondary N) is 1. The van der Waals surface area contributed by atoms with E-state index in [1.807, 2.05) is 0 Å². The van der Waals surface area contributed by atoms with E-state index in [9.17, 15) is 23.1 Å². The van der Waals surface area contributed by atoms with Gasteiger partial charge in [-0.05, 0) is 49.4 Å². The van der Waals surface area contributed by atoms with Crippen molar-refractivity contribution in [3.63, 3.8) is 0 Å². The normalized spacial score (nSPS) is 15.4. The predicted molar refractivity (Wildman–Crippen MR) is 139 cm³/mol. The van der Waals surface area contributed by atoms with Crippen LogP contribution in [-0.4, -0.2) is 71.2 Å². The zero-order valence-electron chi connectivity index (χ0n) is 19.8. The lowest BCUT2D eigenvalue weighted by Crippen LogP contribution is -2.50. The molecular weight excluding hydrogens is 543 g/mol. The Morgan fingerprint density at radius 2 is 1.78 bits per heavy atom. The average molecular weight is 567 g/mol. The van der Waals surface area contributed by atoms with Gasteiger partial charge in [0.2, 0.25) is 0 Å². The predicted octanol–water partition coefficient (Wildman–Crippen LogP) is 2.89. The third-order valence-corrected chi connectivity index (χ3v) is 7.91. The number of esters is 1. The first kappa shape index (κ1) is 27.1. The third kappa shape index (κ3) is 5.97. The molecule has 1 saturated heterocycles. The Bertz CT molecular complexity index is 1430. The minimum absolute atomic E-state index is 0.0635. The highest BCUT2D eigenvalue weighted by molar-refractivity contribution is 7.91. The van der Waals surface area contributed by atoms with Gasteiger partial charge in [0.05, 0.1) is 41.0 Å². The smallest absolute Gasteiger partial charge is 0.338 e. The second-order valence-electron chi connectivity index (χ2n) is 8.20. The summed E-state index contributed by atoms with van der Waals surface area (Å²) in [6.07, 6.45) is 0. The van der Waals surface area contributed by atoms with Crippen molar-refractivity contribution in [1.82, 2.24) is 20.0 Å². The summed E-state index contributed by atoms with van der Waals surface area (Å²) >= 11 is 12.5. The molecule has 1 amide bonds. The number of aromatic nitrogens is 2. The van der Waals surface area contributed by atoms with E-state index in [0.717, 1.165) is 0 Å². The van der Waals surface area contributed by atoms with Gasteiger partial charge in [-0.3, -0.25) is 14.8 Å². The highest BCUT2D eigenvalue weighted by Crippen LogP contribution is 2.33. The summed E-state index contributed by atoms with van der Waals surface area (Å²) in [5, 5.41) is 12.5. The Morgan fingerprint density at radius 1 is 1.11 bits per heavy atom. The Labute approximate surface area is 223 Å². The van der Waals surface area contributed by atoms with Gasteiger partial charge in [-0.2, -0.15) is 0 Å². The number of halogens is 2. The summed E-state index contributed by atoms with van der Waals surface area (Å²) in [6.45, 7) is 1.66. The van der Waals surface area contributed by atoms with Crippen molar-refractivity contribution in [3.05, 3.63) is 69.5 Å². The summed E-state index contributed by atoms with van der Waals surface area (Å²) in [5.74, 6) is -0.982. The van der Waals surface area contributed by atoms with Crippen LogP contribution in [0.4, 0.5) is 0 Å². The Balaban J connectivity index is 1.78. The Morgan fingerprint density at radius 3 is 2.38 bits per heavy atom. The molecule has 2 aromatic carbocycles. The number of hydrogen-bond donors (Lipinski definition) is 2. The van der Waals surface area contributed by atoms with Crippen molar-refractivity contribution in [2.75, 3.05) is 31.2 Å². The number of carbonyl (C=O) groups is 2. The van der Waals surface area contributed by atoms with Crippen LogP contribution in [0.2, 0.25) is 10.0 Å². The number of aliphatic hydroxyl groups excluding tert-OH is 1. The van der Waals surface area contributed by atoms with Crippen molar-refractivity contribution >= 4 is 44.9 Å². The lowest BCUT2D eigenvalue weighted by Gasteiger charge is -2.26. The molecule has 196 valence electrons. The lowest BCUT2D eigenvalue weighted by molar-refractivity contribution is 0.0526. The molecule has 1 aromatic heterocycles. The first-order valence-electron chi connectivity index (χ1n) is 11.4. The molecule has 0 unspecified atom stereocenters. The summed E-state index contributed by atoms with van der Waals surface area (Å²) < 4.78 is 30.1. The second-order valence-corrected chi connectivity index (χ2v) is 11.3. The molecular formula is C24H24Cl2N4O6S. The van der Waals surface area contributed by atoms with Crippen molar-refractivity contribution in [2.45, 2.75) is 13.5 Å². The standard InChI is InChI=1S/C24H24Cl2N4O6S/c1-2-36-24(33)15-3-6-17(7-4-15)30-20(14-31)21(23(32)28-29-9-11-37(34,35)12-10-29)27-22(30)18-8-5-16(25)13-19(18)26/h3-8,13,31H,2,9-12,14H2,1H3,(H,28,32). The van der Waals surface area contributed by atoms with Gasteiger partial charge in [-0.15, -0.1) is 0 Å². The molecule has 1 aliphatic heterocycles. The molecule has 10 nitrogen and oxygen atoms in total. The molecule has 0 radical (unpaired) electrons. The minimum atomic E-state index is -3.14. The van der Waals surface area contributed by atoms with Crippen LogP contribution in [-0.2, 0) is 21.2 Å². The Hall–Kier alpha value is -2.96. The van der Waals surface area contributed by atoms with E-state index in [2.05, 4.69) is 10.4 Å². The Kier molecular flexibility index (Phi) is 8.20. The molecule has 0 bridgehead atoms. The molecule has 37 heavy (non-hydrogen) atoms. The number of carbonyl (C=O) groups excluding carboxylic acids is 2. The number of amides is 1. The monoisotopic (exact) mass is 566 g/mol. The second kappa shape index (κ2) is 11.2. The SMILES string of the molecule is CCOC(=O)c1ccc(-n2c(-c3ccc(Cl)cc3Cl)nc(C(=O)NN3CCS(=O)(=O)CC3)c2CO)cc1. The molecule has 0 saturated carbocycles. The molecule has 0 aliphatic carbocycles. The van der Waals surface area contributed by atoms with Crippen LogP contribution in [0.3, 0.4) is 0 Å². The van der Waals surface area contributed by atoms with Crippen LogP contribution in [0.25, 0.3) is 17.1 Å². The molecule has 2 heterocycles. The van der Waals surface area contributed by atoms with Crippen molar-refractivity contribution in [1.29, 1.82) is 0 Å². The maximum Gasteiger partial charge on any atom is 0.338 e. The number of nitrogens with zero attached hydrogens (tertiary/aromatic N) is 3. The number of ether oxygens (including phenoxy) is 1. The van der Waals surface area contributed by atoms with E-state index >= 15 is 0 Å². The number of aliphatic hydroxyl groups is 1. The van der Waals surface area contributed by atoms with E-state index in [4.69, 9.17) is 27.9 Å². The summed E-state index contributed by atoms with van der Waals surface area (Å²) in [7, 11) is -3.14. The molecule has 1 fully saturated rings. The number of imidazole rings is 1. The topological polar surface area (TPSA) is 131 Å². The fourth-order valence-corrected chi connectivity index (χ4v) is 5.59. The van der Waals surface area contributed by atoms with Crippen molar-refractivity contribution in [2.24, 2.45) is 0 Å². The van der Waals surface area contributed by atoms with Gasteiger partial charge in [0.25, 0.3) is 5.91 Å². The number of hydrogen-bond acceptors (Lipinski definition) is 8. The van der Waals surface area contributed by atoms with Gasteiger partial charge in [-0.1, -0.05) is 23.2 Å². The van der Waals surface area contributed by atoms with Crippen LogP contribution in [0.5, 0.6) is 0 Å². The fourth-order valence-electron chi connectivity index (χ4n) is 3.89. The lowest BCUT2D eigenvalue weighted by atomic mass is 10.1.